The van der Waals surface area contributed by atoms with Gasteiger partial charge in [-0.05, 0) is 30.9 Å². The topological polar surface area (TPSA) is 59.3 Å². The molecule has 0 aliphatic heterocycles. The molecule has 1 heterocycles. The second kappa shape index (κ2) is 4.64. The van der Waals surface area contributed by atoms with E-state index in [4.69, 9.17) is 0 Å². The lowest BCUT2D eigenvalue weighted by molar-refractivity contribution is 0.0683. The van der Waals surface area contributed by atoms with Crippen LogP contribution in [-0.2, 0) is 6.54 Å². The van der Waals surface area contributed by atoms with E-state index >= 15 is 0 Å². The van der Waals surface area contributed by atoms with Crippen LogP contribution >= 0.6 is 0 Å². The zero-order valence-electron chi connectivity index (χ0n) is 10.4. The van der Waals surface area contributed by atoms with Crippen molar-refractivity contribution in [1.82, 2.24) is 4.57 Å². The molecule has 4 nitrogen and oxygen atoms in total. The number of carboxylic acids is 1. The minimum Gasteiger partial charge on any atom is -0.477 e. The fourth-order valence-electron chi connectivity index (χ4n) is 2.10. The standard InChI is InChI=1S/C14H15NO3/c1-3-6-15-12(14(17)18)8-10-7-9(2)4-5-11(10)13(15)16/h4-5,7-8H,3,6H2,1-2H3,(H,17,18). The molecule has 1 aromatic carbocycles. The molecular formula is C14H15NO3. The van der Waals surface area contributed by atoms with Gasteiger partial charge in [0.1, 0.15) is 5.69 Å². The fraction of sp³-hybridized carbons (Fsp3) is 0.286. The van der Waals surface area contributed by atoms with E-state index < -0.39 is 5.97 Å². The molecule has 4 heteroatoms. The number of carboxylic acid groups (broad SMARTS) is 1. The summed E-state index contributed by atoms with van der Waals surface area (Å²) in [6, 6.07) is 7.02. The van der Waals surface area contributed by atoms with Crippen molar-refractivity contribution >= 4 is 16.7 Å². The monoisotopic (exact) mass is 245 g/mol. The van der Waals surface area contributed by atoms with E-state index in [1.54, 1.807) is 12.1 Å². The largest absolute Gasteiger partial charge is 0.477 e. The molecular weight excluding hydrogens is 230 g/mol. The summed E-state index contributed by atoms with van der Waals surface area (Å²) in [5.74, 6) is -1.07. The van der Waals surface area contributed by atoms with Gasteiger partial charge in [-0.25, -0.2) is 4.79 Å². The number of fused-ring (bicyclic) bond motifs is 1. The molecule has 2 rings (SSSR count). The summed E-state index contributed by atoms with van der Waals surface area (Å²) in [7, 11) is 0. The second-order valence-corrected chi connectivity index (χ2v) is 4.38. The number of aromatic carboxylic acids is 1. The highest BCUT2D eigenvalue weighted by atomic mass is 16.4. The average Bonchev–Trinajstić information content (AvgIpc) is 2.32. The molecule has 0 saturated carbocycles. The van der Waals surface area contributed by atoms with Crippen molar-refractivity contribution in [2.75, 3.05) is 0 Å². The summed E-state index contributed by atoms with van der Waals surface area (Å²) in [4.78, 5) is 23.5. The summed E-state index contributed by atoms with van der Waals surface area (Å²) in [5.41, 5.74) is 0.832. The molecule has 0 spiro atoms. The van der Waals surface area contributed by atoms with E-state index in [1.165, 1.54) is 4.57 Å². The lowest BCUT2D eigenvalue weighted by atomic mass is 10.1. The van der Waals surface area contributed by atoms with Crippen molar-refractivity contribution in [1.29, 1.82) is 0 Å². The van der Waals surface area contributed by atoms with Crippen molar-refractivity contribution in [3.05, 3.63) is 45.9 Å². The number of benzene rings is 1. The second-order valence-electron chi connectivity index (χ2n) is 4.38. The molecule has 0 amide bonds. The fourth-order valence-corrected chi connectivity index (χ4v) is 2.10. The van der Waals surface area contributed by atoms with E-state index in [0.29, 0.717) is 17.3 Å². The number of hydrogen-bond acceptors (Lipinski definition) is 2. The Labute approximate surface area is 104 Å². The van der Waals surface area contributed by atoms with E-state index in [2.05, 4.69) is 0 Å². The molecule has 0 aliphatic carbocycles. The van der Waals surface area contributed by atoms with Crippen molar-refractivity contribution < 1.29 is 9.90 Å². The maximum absolute atomic E-state index is 12.3. The van der Waals surface area contributed by atoms with Gasteiger partial charge in [-0.3, -0.25) is 4.79 Å². The maximum Gasteiger partial charge on any atom is 0.352 e. The molecule has 1 aromatic heterocycles. The van der Waals surface area contributed by atoms with Crippen LogP contribution < -0.4 is 5.56 Å². The number of pyridine rings is 1. The Kier molecular flexibility index (Phi) is 3.19. The first-order chi connectivity index (χ1) is 8.54. The molecule has 2 aromatic rings. The Balaban J connectivity index is 2.85. The van der Waals surface area contributed by atoms with Gasteiger partial charge in [0.2, 0.25) is 0 Å². The number of rotatable bonds is 3. The zero-order valence-corrected chi connectivity index (χ0v) is 10.4. The number of hydrogen-bond donors (Lipinski definition) is 1. The van der Waals surface area contributed by atoms with Crippen molar-refractivity contribution in [3.8, 4) is 0 Å². The first-order valence-electron chi connectivity index (χ1n) is 5.92. The van der Waals surface area contributed by atoms with Gasteiger partial charge < -0.3 is 9.67 Å². The molecule has 0 fully saturated rings. The van der Waals surface area contributed by atoms with Crippen molar-refractivity contribution in [2.45, 2.75) is 26.8 Å². The molecule has 0 unspecified atom stereocenters. The number of carbonyl (C=O) groups is 1. The normalized spacial score (nSPS) is 10.8. The van der Waals surface area contributed by atoms with Crippen molar-refractivity contribution in [3.63, 3.8) is 0 Å². The predicted molar refractivity (Wildman–Crippen MR) is 70.2 cm³/mol. The smallest absolute Gasteiger partial charge is 0.352 e. The van der Waals surface area contributed by atoms with Gasteiger partial charge in [0.05, 0.1) is 0 Å². The summed E-state index contributed by atoms with van der Waals surface area (Å²) < 4.78 is 1.33. The van der Waals surface area contributed by atoms with Crippen LogP contribution in [0.4, 0.5) is 0 Å². The maximum atomic E-state index is 12.3. The van der Waals surface area contributed by atoms with Crippen LogP contribution in [0.3, 0.4) is 0 Å². The lowest BCUT2D eigenvalue weighted by Crippen LogP contribution is -2.26. The third-order valence-electron chi connectivity index (χ3n) is 2.93. The SMILES string of the molecule is CCCn1c(C(=O)O)cc2cc(C)ccc2c1=O. The van der Waals surface area contributed by atoms with Crippen LogP contribution in [0.5, 0.6) is 0 Å². The number of aryl methyl sites for hydroxylation is 1. The Morgan fingerprint density at radius 1 is 1.33 bits per heavy atom. The number of nitrogens with zero attached hydrogens (tertiary/aromatic N) is 1. The first-order valence-corrected chi connectivity index (χ1v) is 5.92. The van der Waals surface area contributed by atoms with Crippen LogP contribution in [0.2, 0.25) is 0 Å². The zero-order chi connectivity index (χ0) is 13.3. The molecule has 0 saturated heterocycles. The summed E-state index contributed by atoms with van der Waals surface area (Å²) in [6.07, 6.45) is 0.720. The summed E-state index contributed by atoms with van der Waals surface area (Å²) in [6.45, 7) is 4.25. The van der Waals surface area contributed by atoms with Crippen molar-refractivity contribution in [2.24, 2.45) is 0 Å². The van der Waals surface area contributed by atoms with Gasteiger partial charge in [0.15, 0.2) is 0 Å². The van der Waals surface area contributed by atoms with E-state index in [1.807, 2.05) is 26.0 Å². The van der Waals surface area contributed by atoms with Gasteiger partial charge in [-0.15, -0.1) is 0 Å². The van der Waals surface area contributed by atoms with Gasteiger partial charge >= 0.3 is 5.97 Å². The lowest BCUT2D eigenvalue weighted by Gasteiger charge is -2.10. The third-order valence-corrected chi connectivity index (χ3v) is 2.93. The van der Waals surface area contributed by atoms with Gasteiger partial charge in [0, 0.05) is 11.9 Å². The minimum absolute atomic E-state index is 0.0555. The summed E-state index contributed by atoms with van der Waals surface area (Å²) >= 11 is 0. The molecule has 0 atom stereocenters. The van der Waals surface area contributed by atoms with Gasteiger partial charge in [0.25, 0.3) is 5.56 Å². The van der Waals surface area contributed by atoms with Gasteiger partial charge in [-0.2, -0.15) is 0 Å². The van der Waals surface area contributed by atoms with Gasteiger partial charge in [-0.1, -0.05) is 24.6 Å². The minimum atomic E-state index is -1.07. The molecule has 0 radical (unpaired) electrons. The van der Waals surface area contributed by atoms with E-state index in [9.17, 15) is 14.7 Å². The Morgan fingerprint density at radius 2 is 2.06 bits per heavy atom. The Morgan fingerprint density at radius 3 is 2.67 bits per heavy atom. The summed E-state index contributed by atoms with van der Waals surface area (Å²) in [5, 5.41) is 10.4. The average molecular weight is 245 g/mol. The molecule has 18 heavy (non-hydrogen) atoms. The highest BCUT2D eigenvalue weighted by Gasteiger charge is 2.13. The third kappa shape index (κ3) is 2.01. The quantitative estimate of drug-likeness (QED) is 0.903. The highest BCUT2D eigenvalue weighted by molar-refractivity contribution is 5.92. The van der Waals surface area contributed by atoms with Crippen LogP contribution in [0.15, 0.2) is 29.1 Å². The Hall–Kier alpha value is -2.10. The van der Waals surface area contributed by atoms with E-state index in [0.717, 1.165) is 12.0 Å². The van der Waals surface area contributed by atoms with Crippen LogP contribution in [0.25, 0.3) is 10.8 Å². The predicted octanol–water partition coefficient (Wildman–Crippen LogP) is 2.42. The van der Waals surface area contributed by atoms with Crippen LogP contribution in [0, 0.1) is 6.92 Å². The van der Waals surface area contributed by atoms with Crippen LogP contribution in [0.1, 0.15) is 29.4 Å². The van der Waals surface area contributed by atoms with E-state index in [-0.39, 0.29) is 11.3 Å². The first kappa shape index (κ1) is 12.4. The Bertz CT molecular complexity index is 671. The number of aromatic nitrogens is 1. The van der Waals surface area contributed by atoms with Crippen LogP contribution in [-0.4, -0.2) is 15.6 Å². The molecule has 1 N–H and O–H groups in total. The molecule has 0 bridgehead atoms. The molecule has 94 valence electrons. The highest BCUT2D eigenvalue weighted by Crippen LogP contribution is 2.15. The molecule has 0 aliphatic rings.